The van der Waals surface area contributed by atoms with Gasteiger partial charge in [0.05, 0.1) is 12.8 Å². The molecule has 1 N–H and O–H groups in total. The monoisotopic (exact) mass is 300 g/mol. The van der Waals surface area contributed by atoms with Crippen LogP contribution in [0.5, 0.6) is 0 Å². The molecule has 100 valence electrons. The van der Waals surface area contributed by atoms with Crippen LogP contribution < -0.4 is 5.32 Å². The quantitative estimate of drug-likeness (QED) is 0.877. The fourth-order valence-corrected chi connectivity index (χ4v) is 2.55. The van der Waals surface area contributed by atoms with Crippen LogP contribution in [0.1, 0.15) is 15.2 Å². The zero-order valence-electron chi connectivity index (χ0n) is 10.2. The molecule has 0 atom stereocenters. The van der Waals surface area contributed by atoms with Crippen LogP contribution in [0, 0.1) is 12.7 Å². The van der Waals surface area contributed by atoms with E-state index in [1.165, 1.54) is 7.11 Å². The maximum Gasteiger partial charge on any atom is 0.351 e. The van der Waals surface area contributed by atoms with Crippen LogP contribution in [0.15, 0.2) is 18.2 Å². The molecule has 1 aromatic heterocycles. The molecule has 4 nitrogen and oxygen atoms in total. The van der Waals surface area contributed by atoms with Crippen LogP contribution in [-0.2, 0) is 4.74 Å². The number of anilines is 2. The summed E-state index contributed by atoms with van der Waals surface area (Å²) in [6, 6.07) is 4.96. The standard InChI is InChI=1S/C12H10ClFN2O2S/c1-6-4-3-5-7(8(6)14)15-12-16-10(13)9(19-12)11(17)18-2/h3-5H,1-2H3,(H,15,16). The third-order valence-corrected chi connectivity index (χ3v) is 3.73. The fraction of sp³-hybridized carbons (Fsp3) is 0.167. The maximum atomic E-state index is 13.8. The molecule has 2 aromatic rings. The van der Waals surface area contributed by atoms with E-state index in [0.717, 1.165) is 11.3 Å². The Kier molecular flexibility index (Phi) is 4.01. The van der Waals surface area contributed by atoms with E-state index < -0.39 is 5.97 Å². The Morgan fingerprint density at radius 3 is 2.95 bits per heavy atom. The van der Waals surface area contributed by atoms with Crippen molar-refractivity contribution >= 4 is 39.7 Å². The molecule has 0 radical (unpaired) electrons. The minimum atomic E-state index is -0.569. The van der Waals surface area contributed by atoms with Gasteiger partial charge < -0.3 is 10.1 Å². The number of esters is 1. The van der Waals surface area contributed by atoms with E-state index in [1.54, 1.807) is 25.1 Å². The molecule has 0 fully saturated rings. The molecule has 1 aromatic carbocycles. The van der Waals surface area contributed by atoms with Crippen molar-refractivity contribution in [2.45, 2.75) is 6.92 Å². The number of methoxy groups -OCH3 is 1. The highest BCUT2D eigenvalue weighted by Gasteiger charge is 2.18. The van der Waals surface area contributed by atoms with Gasteiger partial charge in [-0.05, 0) is 18.6 Å². The van der Waals surface area contributed by atoms with Crippen molar-refractivity contribution < 1.29 is 13.9 Å². The second kappa shape index (κ2) is 5.54. The highest BCUT2D eigenvalue weighted by atomic mass is 35.5. The van der Waals surface area contributed by atoms with Crippen molar-refractivity contribution in [3.8, 4) is 0 Å². The molecule has 0 saturated heterocycles. The highest BCUT2D eigenvalue weighted by Crippen LogP contribution is 2.30. The summed E-state index contributed by atoms with van der Waals surface area (Å²) >= 11 is 6.83. The van der Waals surface area contributed by atoms with Gasteiger partial charge in [-0.2, -0.15) is 0 Å². The van der Waals surface area contributed by atoms with Gasteiger partial charge >= 0.3 is 5.97 Å². The number of halogens is 2. The van der Waals surface area contributed by atoms with Crippen molar-refractivity contribution in [2.24, 2.45) is 0 Å². The van der Waals surface area contributed by atoms with Gasteiger partial charge in [0.25, 0.3) is 0 Å². The second-order valence-electron chi connectivity index (χ2n) is 3.69. The minimum Gasteiger partial charge on any atom is -0.465 e. The van der Waals surface area contributed by atoms with Crippen LogP contribution in [0.25, 0.3) is 0 Å². The average molecular weight is 301 g/mol. The molecule has 0 bridgehead atoms. The van der Waals surface area contributed by atoms with Crippen molar-refractivity contribution in [2.75, 3.05) is 12.4 Å². The number of thiazole rings is 1. The number of benzene rings is 1. The Morgan fingerprint density at radius 2 is 2.26 bits per heavy atom. The van der Waals surface area contributed by atoms with Crippen molar-refractivity contribution in [1.82, 2.24) is 4.98 Å². The number of nitrogens with one attached hydrogen (secondary N) is 1. The van der Waals surface area contributed by atoms with Gasteiger partial charge in [0, 0.05) is 0 Å². The van der Waals surface area contributed by atoms with Crippen molar-refractivity contribution in [1.29, 1.82) is 0 Å². The van der Waals surface area contributed by atoms with Gasteiger partial charge in [0.1, 0.15) is 5.82 Å². The zero-order chi connectivity index (χ0) is 14.0. The number of aromatic nitrogens is 1. The number of nitrogens with zero attached hydrogens (tertiary/aromatic N) is 1. The summed E-state index contributed by atoms with van der Waals surface area (Å²) in [5.74, 6) is -0.936. The number of aryl methyl sites for hydroxylation is 1. The van der Waals surface area contributed by atoms with E-state index in [0.29, 0.717) is 10.7 Å². The number of ether oxygens (including phenoxy) is 1. The maximum absolute atomic E-state index is 13.8. The second-order valence-corrected chi connectivity index (χ2v) is 5.05. The van der Waals surface area contributed by atoms with Crippen LogP contribution >= 0.6 is 22.9 Å². The predicted octanol–water partition coefficient (Wildman–Crippen LogP) is 3.77. The summed E-state index contributed by atoms with van der Waals surface area (Å²) in [5, 5.41) is 3.16. The summed E-state index contributed by atoms with van der Waals surface area (Å²) < 4.78 is 18.4. The van der Waals surface area contributed by atoms with Crippen LogP contribution in [0.3, 0.4) is 0 Å². The molecule has 0 amide bonds. The molecule has 19 heavy (non-hydrogen) atoms. The first-order valence-corrected chi connectivity index (χ1v) is 6.49. The number of hydrogen-bond acceptors (Lipinski definition) is 5. The lowest BCUT2D eigenvalue weighted by Crippen LogP contribution is -1.98. The van der Waals surface area contributed by atoms with Gasteiger partial charge in [0.15, 0.2) is 15.2 Å². The molecule has 1 heterocycles. The Bertz CT molecular complexity index is 630. The van der Waals surface area contributed by atoms with E-state index in [9.17, 15) is 9.18 Å². The largest absolute Gasteiger partial charge is 0.465 e. The molecule has 0 aliphatic carbocycles. The Balaban J connectivity index is 2.29. The number of hydrogen-bond donors (Lipinski definition) is 1. The van der Waals surface area contributed by atoms with E-state index >= 15 is 0 Å². The number of rotatable bonds is 3. The van der Waals surface area contributed by atoms with Gasteiger partial charge in [0.2, 0.25) is 0 Å². The zero-order valence-corrected chi connectivity index (χ0v) is 11.7. The summed E-state index contributed by atoms with van der Waals surface area (Å²) in [7, 11) is 1.26. The summed E-state index contributed by atoms with van der Waals surface area (Å²) in [6.07, 6.45) is 0. The lowest BCUT2D eigenvalue weighted by Gasteiger charge is -2.05. The molecule has 0 spiro atoms. The van der Waals surface area contributed by atoms with E-state index in [1.807, 2.05) is 0 Å². The topological polar surface area (TPSA) is 51.2 Å². The van der Waals surface area contributed by atoms with Crippen molar-refractivity contribution in [3.05, 3.63) is 39.6 Å². The van der Waals surface area contributed by atoms with E-state index in [2.05, 4.69) is 15.0 Å². The minimum absolute atomic E-state index is 0.0346. The normalized spacial score (nSPS) is 10.3. The lowest BCUT2D eigenvalue weighted by atomic mass is 10.2. The summed E-state index contributed by atoms with van der Waals surface area (Å²) in [6.45, 7) is 1.66. The number of carbonyl (C=O) groups excluding carboxylic acids is 1. The first-order chi connectivity index (χ1) is 9.02. The Labute approximate surface area is 118 Å². The van der Waals surface area contributed by atoms with Crippen molar-refractivity contribution in [3.63, 3.8) is 0 Å². The van der Waals surface area contributed by atoms with Crippen LogP contribution in [0.4, 0.5) is 15.2 Å². The smallest absolute Gasteiger partial charge is 0.351 e. The lowest BCUT2D eigenvalue weighted by molar-refractivity contribution is 0.0606. The molecular weight excluding hydrogens is 291 g/mol. The molecule has 0 unspecified atom stereocenters. The summed E-state index contributed by atoms with van der Waals surface area (Å²) in [4.78, 5) is 15.5. The summed E-state index contributed by atoms with van der Waals surface area (Å²) in [5.41, 5.74) is 0.794. The Morgan fingerprint density at radius 1 is 1.53 bits per heavy atom. The average Bonchev–Trinajstić information content (AvgIpc) is 2.75. The third kappa shape index (κ3) is 2.85. The van der Waals surface area contributed by atoms with E-state index in [-0.39, 0.29) is 21.5 Å². The molecule has 7 heteroatoms. The van der Waals surface area contributed by atoms with E-state index in [4.69, 9.17) is 11.6 Å². The van der Waals surface area contributed by atoms with Gasteiger partial charge in [-0.25, -0.2) is 14.2 Å². The highest BCUT2D eigenvalue weighted by molar-refractivity contribution is 7.18. The SMILES string of the molecule is COC(=O)c1sc(Nc2cccc(C)c2F)nc1Cl. The number of carbonyl (C=O) groups is 1. The predicted molar refractivity (Wildman–Crippen MR) is 72.9 cm³/mol. The molecule has 0 saturated carbocycles. The molecule has 0 aliphatic heterocycles. The van der Waals surface area contributed by atoms with Gasteiger partial charge in [-0.15, -0.1) is 0 Å². The third-order valence-electron chi connectivity index (χ3n) is 2.39. The first-order valence-electron chi connectivity index (χ1n) is 5.29. The first kappa shape index (κ1) is 13.8. The molecular formula is C12H10ClFN2O2S. The van der Waals surface area contributed by atoms with Gasteiger partial charge in [-0.1, -0.05) is 35.1 Å². The van der Waals surface area contributed by atoms with Crippen LogP contribution in [-0.4, -0.2) is 18.1 Å². The Hall–Kier alpha value is -1.66. The van der Waals surface area contributed by atoms with Gasteiger partial charge in [-0.3, -0.25) is 0 Å². The molecule has 0 aliphatic rings. The molecule has 2 rings (SSSR count). The fourth-order valence-electron chi connectivity index (χ4n) is 1.43. The van der Waals surface area contributed by atoms with Crippen LogP contribution in [0.2, 0.25) is 5.15 Å².